The minimum Gasteiger partial charge on any atom is -0.497 e. The smallest absolute Gasteiger partial charge is 0.279 e. The van der Waals surface area contributed by atoms with Gasteiger partial charge in [0, 0.05) is 22.2 Å². The zero-order chi connectivity index (χ0) is 22.0. The first-order valence-corrected chi connectivity index (χ1v) is 10.1. The predicted molar refractivity (Wildman–Crippen MR) is 118 cm³/mol. The van der Waals surface area contributed by atoms with Gasteiger partial charge in [-0.1, -0.05) is 40.5 Å². The number of ether oxygens (including phenoxy) is 1. The molecule has 2 aromatic heterocycles. The maximum atomic E-state index is 12.9. The maximum absolute atomic E-state index is 12.9. The molecule has 4 rings (SSSR count). The van der Waals surface area contributed by atoms with Gasteiger partial charge in [-0.05, 0) is 36.8 Å². The topological polar surface area (TPSA) is 86.9 Å². The third kappa shape index (κ3) is 4.40. The summed E-state index contributed by atoms with van der Waals surface area (Å²) in [5.74, 6) is 0.796. The average Bonchev–Trinajstić information content (AvgIpc) is 3.36. The Morgan fingerprint density at radius 1 is 1.16 bits per heavy atom. The Morgan fingerprint density at radius 3 is 2.77 bits per heavy atom. The van der Waals surface area contributed by atoms with E-state index in [0.717, 1.165) is 11.3 Å². The van der Waals surface area contributed by atoms with Crippen LogP contribution in [-0.4, -0.2) is 37.8 Å². The van der Waals surface area contributed by atoms with E-state index < -0.39 is 5.91 Å². The van der Waals surface area contributed by atoms with Crippen LogP contribution in [0.25, 0.3) is 5.69 Å². The zero-order valence-electron chi connectivity index (χ0n) is 16.7. The van der Waals surface area contributed by atoms with Gasteiger partial charge in [-0.2, -0.15) is 5.10 Å². The number of anilines is 1. The number of hydrogen-bond donors (Lipinski definition) is 1. The van der Waals surface area contributed by atoms with Crippen molar-refractivity contribution in [3.63, 3.8) is 0 Å². The lowest BCUT2D eigenvalue weighted by Crippen LogP contribution is -2.18. The fourth-order valence-corrected chi connectivity index (χ4v) is 3.55. The first kappa shape index (κ1) is 20.9. The van der Waals surface area contributed by atoms with E-state index in [2.05, 4.69) is 20.7 Å². The molecule has 0 bridgehead atoms. The lowest BCUT2D eigenvalue weighted by atomic mass is 10.2. The fraction of sp³-hybridized carbons (Fsp3) is 0.143. The van der Waals surface area contributed by atoms with Crippen molar-refractivity contribution in [2.75, 3.05) is 12.4 Å². The second-order valence-corrected chi connectivity index (χ2v) is 7.54. The number of halogens is 2. The third-order valence-electron chi connectivity index (χ3n) is 4.70. The minimum absolute atomic E-state index is 0.208. The molecule has 8 nitrogen and oxygen atoms in total. The third-order valence-corrected chi connectivity index (χ3v) is 5.29. The van der Waals surface area contributed by atoms with Crippen LogP contribution in [0.15, 0.2) is 54.7 Å². The molecule has 0 saturated heterocycles. The molecule has 4 aromatic rings. The van der Waals surface area contributed by atoms with Gasteiger partial charge in [-0.3, -0.25) is 4.79 Å². The van der Waals surface area contributed by atoms with Gasteiger partial charge in [0.25, 0.3) is 5.91 Å². The summed E-state index contributed by atoms with van der Waals surface area (Å²) in [4.78, 5) is 12.9. The van der Waals surface area contributed by atoms with E-state index >= 15 is 0 Å². The second-order valence-electron chi connectivity index (χ2n) is 6.70. The SMILES string of the molecule is COc1cccc(-n2nnc(C(=O)Nc3ccnn3Cc3ccc(Cl)cc3Cl)c2C)c1. The minimum atomic E-state index is -0.393. The van der Waals surface area contributed by atoms with Crippen molar-refractivity contribution in [3.8, 4) is 11.4 Å². The number of amides is 1. The number of hydrogen-bond acceptors (Lipinski definition) is 5. The molecular weight excluding hydrogens is 439 g/mol. The average molecular weight is 457 g/mol. The number of rotatable bonds is 6. The highest BCUT2D eigenvalue weighted by Crippen LogP contribution is 2.23. The molecule has 0 atom stereocenters. The van der Waals surface area contributed by atoms with Crippen LogP contribution in [-0.2, 0) is 6.54 Å². The van der Waals surface area contributed by atoms with Crippen LogP contribution in [0.2, 0.25) is 10.0 Å². The standard InChI is InChI=1S/C21H18Cl2N6O2/c1-13-20(26-27-29(13)16-4-3-5-17(11-16)31-2)21(30)25-19-8-9-24-28(19)12-14-6-7-15(22)10-18(14)23/h3-11H,12H2,1-2H3,(H,25,30). The summed E-state index contributed by atoms with van der Waals surface area (Å²) < 4.78 is 8.47. The van der Waals surface area contributed by atoms with E-state index in [9.17, 15) is 4.79 Å². The van der Waals surface area contributed by atoms with Crippen LogP contribution in [0.5, 0.6) is 5.75 Å². The van der Waals surface area contributed by atoms with E-state index in [1.165, 1.54) is 0 Å². The number of carbonyl (C=O) groups is 1. The summed E-state index contributed by atoms with van der Waals surface area (Å²) in [5.41, 5.74) is 2.37. The van der Waals surface area contributed by atoms with Crippen LogP contribution >= 0.6 is 23.2 Å². The van der Waals surface area contributed by atoms with Gasteiger partial charge in [-0.15, -0.1) is 5.10 Å². The molecule has 1 amide bonds. The highest BCUT2D eigenvalue weighted by molar-refractivity contribution is 6.35. The van der Waals surface area contributed by atoms with Crippen molar-refractivity contribution >= 4 is 34.9 Å². The summed E-state index contributed by atoms with van der Waals surface area (Å²) in [6.07, 6.45) is 1.60. The van der Waals surface area contributed by atoms with Crippen molar-refractivity contribution in [1.29, 1.82) is 0 Å². The van der Waals surface area contributed by atoms with Crippen molar-refractivity contribution < 1.29 is 9.53 Å². The number of benzene rings is 2. The largest absolute Gasteiger partial charge is 0.497 e. The van der Waals surface area contributed by atoms with E-state index in [1.807, 2.05) is 30.3 Å². The molecule has 2 aromatic carbocycles. The second kappa shape index (κ2) is 8.79. The number of methoxy groups -OCH3 is 1. The molecular formula is C21H18Cl2N6O2. The molecule has 0 saturated carbocycles. The quantitative estimate of drug-likeness (QED) is 0.464. The fourth-order valence-electron chi connectivity index (χ4n) is 3.08. The Balaban J connectivity index is 1.55. The predicted octanol–water partition coefficient (Wildman–Crippen LogP) is 4.39. The monoisotopic (exact) mass is 456 g/mol. The Morgan fingerprint density at radius 2 is 2.00 bits per heavy atom. The van der Waals surface area contributed by atoms with E-state index in [1.54, 1.807) is 47.8 Å². The summed E-state index contributed by atoms with van der Waals surface area (Å²) in [6.45, 7) is 2.15. The van der Waals surface area contributed by atoms with E-state index in [0.29, 0.717) is 33.9 Å². The Labute approximate surface area is 188 Å². The maximum Gasteiger partial charge on any atom is 0.279 e. The molecule has 31 heavy (non-hydrogen) atoms. The van der Waals surface area contributed by atoms with Crippen molar-refractivity contribution in [3.05, 3.63) is 81.7 Å². The molecule has 2 heterocycles. The molecule has 0 radical (unpaired) electrons. The molecule has 158 valence electrons. The number of nitrogens with zero attached hydrogens (tertiary/aromatic N) is 5. The molecule has 0 aliphatic rings. The summed E-state index contributed by atoms with van der Waals surface area (Å²) in [5, 5.41) is 16.4. The number of nitrogens with one attached hydrogen (secondary N) is 1. The van der Waals surface area contributed by atoms with Crippen LogP contribution in [0.4, 0.5) is 5.82 Å². The molecule has 0 spiro atoms. The molecule has 0 unspecified atom stereocenters. The molecule has 0 aliphatic carbocycles. The summed E-state index contributed by atoms with van der Waals surface area (Å²) in [6, 6.07) is 14.3. The lowest BCUT2D eigenvalue weighted by molar-refractivity contribution is 0.102. The van der Waals surface area contributed by atoms with Crippen LogP contribution < -0.4 is 10.1 Å². The van der Waals surface area contributed by atoms with Crippen LogP contribution in [0, 0.1) is 6.92 Å². The van der Waals surface area contributed by atoms with Crippen LogP contribution in [0.3, 0.4) is 0 Å². The van der Waals surface area contributed by atoms with Crippen LogP contribution in [0.1, 0.15) is 21.7 Å². The van der Waals surface area contributed by atoms with Crippen molar-refractivity contribution in [2.45, 2.75) is 13.5 Å². The molecule has 0 fully saturated rings. The van der Waals surface area contributed by atoms with Gasteiger partial charge >= 0.3 is 0 Å². The Kier molecular flexibility index (Phi) is 5.92. The van der Waals surface area contributed by atoms with E-state index in [-0.39, 0.29) is 5.69 Å². The molecule has 1 N–H and O–H groups in total. The first-order valence-electron chi connectivity index (χ1n) is 9.30. The van der Waals surface area contributed by atoms with Crippen molar-refractivity contribution in [1.82, 2.24) is 24.8 Å². The van der Waals surface area contributed by atoms with Gasteiger partial charge in [0.2, 0.25) is 0 Å². The first-order chi connectivity index (χ1) is 15.0. The number of aromatic nitrogens is 5. The number of carbonyl (C=O) groups excluding carboxylic acids is 1. The van der Waals surface area contributed by atoms with E-state index in [4.69, 9.17) is 27.9 Å². The van der Waals surface area contributed by atoms with Gasteiger partial charge in [0.1, 0.15) is 11.6 Å². The lowest BCUT2D eigenvalue weighted by Gasteiger charge is -2.10. The van der Waals surface area contributed by atoms with Crippen molar-refractivity contribution in [2.24, 2.45) is 0 Å². The summed E-state index contributed by atoms with van der Waals surface area (Å²) >= 11 is 12.2. The van der Waals surface area contributed by atoms with Gasteiger partial charge in [0.05, 0.1) is 31.2 Å². The van der Waals surface area contributed by atoms with Gasteiger partial charge in [0.15, 0.2) is 5.69 Å². The summed E-state index contributed by atoms with van der Waals surface area (Å²) in [7, 11) is 1.59. The Bertz CT molecular complexity index is 1250. The molecule has 0 aliphatic heterocycles. The Hall–Kier alpha value is -3.36. The van der Waals surface area contributed by atoms with Gasteiger partial charge in [-0.25, -0.2) is 9.36 Å². The highest BCUT2D eigenvalue weighted by atomic mass is 35.5. The highest BCUT2D eigenvalue weighted by Gasteiger charge is 2.19. The zero-order valence-corrected chi connectivity index (χ0v) is 18.2. The normalized spacial score (nSPS) is 10.8. The molecule has 10 heteroatoms. The van der Waals surface area contributed by atoms with Gasteiger partial charge < -0.3 is 10.1 Å².